The Labute approximate surface area is 129 Å². The van der Waals surface area contributed by atoms with Gasteiger partial charge < -0.3 is 4.90 Å². The Kier molecular flexibility index (Phi) is 3.68. The van der Waals surface area contributed by atoms with Gasteiger partial charge in [-0.3, -0.25) is 4.79 Å². The van der Waals surface area contributed by atoms with Gasteiger partial charge in [-0.2, -0.15) is 0 Å². The largest absolute Gasteiger partial charge is 0.305 e. The molecule has 108 valence electrons. The summed E-state index contributed by atoms with van der Waals surface area (Å²) in [4.78, 5) is 19.0. The van der Waals surface area contributed by atoms with E-state index in [1.807, 2.05) is 36.1 Å². The normalized spacial score (nSPS) is 16.9. The van der Waals surface area contributed by atoms with Crippen LogP contribution in [0.1, 0.15) is 35.5 Å². The summed E-state index contributed by atoms with van der Waals surface area (Å²) in [6, 6.07) is 11.7. The number of benzene rings is 1. The number of fused-ring (bicyclic) bond motifs is 1. The first-order valence-electron chi connectivity index (χ1n) is 7.18. The fraction of sp³-hybridized carbons (Fsp3) is 0.294. The summed E-state index contributed by atoms with van der Waals surface area (Å²) < 4.78 is 0. The number of carbonyl (C=O) groups is 1. The number of halogens is 1. The van der Waals surface area contributed by atoms with Crippen LogP contribution in [0, 0.1) is 0 Å². The fourth-order valence-electron chi connectivity index (χ4n) is 2.87. The van der Waals surface area contributed by atoms with Crippen molar-refractivity contribution in [3.8, 4) is 0 Å². The van der Waals surface area contributed by atoms with E-state index in [2.05, 4.69) is 18.0 Å². The van der Waals surface area contributed by atoms with Crippen LogP contribution in [0.4, 0.5) is 5.69 Å². The van der Waals surface area contributed by atoms with Crippen molar-refractivity contribution in [1.82, 2.24) is 4.98 Å². The van der Waals surface area contributed by atoms with Gasteiger partial charge in [0.05, 0.1) is 0 Å². The Morgan fingerprint density at radius 3 is 2.90 bits per heavy atom. The molecule has 4 heteroatoms. The first kappa shape index (κ1) is 14.1. The zero-order chi connectivity index (χ0) is 15.0. The number of carbonyl (C=O) groups excluding carboxylic acids is 1. The average molecular weight is 301 g/mol. The summed E-state index contributed by atoms with van der Waals surface area (Å²) in [6.45, 7) is 4.07. The molecule has 21 heavy (non-hydrogen) atoms. The van der Waals surface area contributed by atoms with Gasteiger partial charge in [0.15, 0.2) is 0 Å². The summed E-state index contributed by atoms with van der Waals surface area (Å²) in [5, 5.41) is 0.373. The van der Waals surface area contributed by atoms with Gasteiger partial charge in [-0.05, 0) is 43.5 Å². The number of anilines is 1. The van der Waals surface area contributed by atoms with E-state index < -0.39 is 0 Å². The van der Waals surface area contributed by atoms with Crippen molar-refractivity contribution in [1.29, 1.82) is 0 Å². The van der Waals surface area contributed by atoms with Gasteiger partial charge in [0.1, 0.15) is 5.15 Å². The first-order chi connectivity index (χ1) is 10.1. The molecule has 1 aromatic carbocycles. The number of hydrogen-bond donors (Lipinski definition) is 0. The number of nitrogens with zero attached hydrogens (tertiary/aromatic N) is 2. The van der Waals surface area contributed by atoms with Gasteiger partial charge in [0.2, 0.25) is 0 Å². The van der Waals surface area contributed by atoms with Crippen LogP contribution in [0.5, 0.6) is 0 Å². The third-order valence-corrected chi connectivity index (χ3v) is 4.08. The SMILES string of the molecule is CCc1cc(C(=O)N2c3ccccc3CC2C)cc(Cl)n1. The predicted octanol–water partition coefficient (Wildman–Crippen LogP) is 3.89. The second kappa shape index (κ2) is 5.49. The molecule has 0 aliphatic carbocycles. The van der Waals surface area contributed by atoms with Crippen LogP contribution in [0.25, 0.3) is 0 Å². The Bertz CT molecular complexity index is 699. The van der Waals surface area contributed by atoms with E-state index in [1.54, 1.807) is 6.07 Å². The quantitative estimate of drug-likeness (QED) is 0.788. The molecular weight excluding hydrogens is 284 g/mol. The summed E-state index contributed by atoms with van der Waals surface area (Å²) in [5.41, 5.74) is 3.66. The zero-order valence-electron chi connectivity index (χ0n) is 12.1. The van der Waals surface area contributed by atoms with E-state index in [4.69, 9.17) is 11.6 Å². The minimum Gasteiger partial charge on any atom is -0.305 e. The number of rotatable bonds is 2. The number of pyridine rings is 1. The Morgan fingerprint density at radius 2 is 2.14 bits per heavy atom. The van der Waals surface area contributed by atoms with E-state index >= 15 is 0 Å². The average Bonchev–Trinajstić information content (AvgIpc) is 2.81. The predicted molar refractivity (Wildman–Crippen MR) is 85.0 cm³/mol. The molecule has 0 bridgehead atoms. The summed E-state index contributed by atoms with van der Waals surface area (Å²) >= 11 is 6.03. The molecule has 0 N–H and O–H groups in total. The van der Waals surface area contributed by atoms with E-state index in [9.17, 15) is 4.79 Å². The highest BCUT2D eigenvalue weighted by Gasteiger charge is 2.31. The minimum absolute atomic E-state index is 0.00792. The maximum Gasteiger partial charge on any atom is 0.258 e. The second-order valence-corrected chi connectivity index (χ2v) is 5.77. The van der Waals surface area contributed by atoms with Gasteiger partial charge >= 0.3 is 0 Å². The van der Waals surface area contributed by atoms with Crippen LogP contribution in [-0.4, -0.2) is 16.9 Å². The Balaban J connectivity index is 2.01. The number of para-hydroxylation sites is 1. The Morgan fingerprint density at radius 1 is 1.38 bits per heavy atom. The highest BCUT2D eigenvalue weighted by Crippen LogP contribution is 2.33. The number of aryl methyl sites for hydroxylation is 1. The molecule has 2 heterocycles. The van der Waals surface area contributed by atoms with Gasteiger partial charge in [-0.15, -0.1) is 0 Å². The Hall–Kier alpha value is -1.87. The topological polar surface area (TPSA) is 33.2 Å². The molecule has 1 unspecified atom stereocenters. The highest BCUT2D eigenvalue weighted by molar-refractivity contribution is 6.30. The summed E-state index contributed by atoms with van der Waals surface area (Å²) in [5.74, 6) is -0.00792. The van der Waals surface area contributed by atoms with Crippen molar-refractivity contribution >= 4 is 23.2 Å². The van der Waals surface area contributed by atoms with Crippen molar-refractivity contribution in [3.05, 3.63) is 58.4 Å². The molecule has 3 nitrogen and oxygen atoms in total. The zero-order valence-corrected chi connectivity index (χ0v) is 12.9. The van der Waals surface area contributed by atoms with Gasteiger partial charge in [-0.25, -0.2) is 4.98 Å². The van der Waals surface area contributed by atoms with E-state index in [1.165, 1.54) is 5.56 Å². The molecular formula is C17H17ClN2O. The van der Waals surface area contributed by atoms with Crippen LogP contribution >= 0.6 is 11.6 Å². The lowest BCUT2D eigenvalue weighted by Gasteiger charge is -2.23. The monoisotopic (exact) mass is 300 g/mol. The van der Waals surface area contributed by atoms with E-state index in [-0.39, 0.29) is 11.9 Å². The van der Waals surface area contributed by atoms with Gasteiger partial charge in [0, 0.05) is 23.0 Å². The highest BCUT2D eigenvalue weighted by atomic mass is 35.5. The minimum atomic E-state index is -0.00792. The molecule has 0 fully saturated rings. The standard InChI is InChI=1S/C17H17ClN2O/c1-3-14-9-13(10-16(18)19-14)17(21)20-11(2)8-12-6-4-5-7-15(12)20/h4-7,9-11H,3,8H2,1-2H3. The molecule has 0 saturated carbocycles. The molecule has 1 aliphatic rings. The first-order valence-corrected chi connectivity index (χ1v) is 7.56. The summed E-state index contributed by atoms with van der Waals surface area (Å²) in [7, 11) is 0. The lowest BCUT2D eigenvalue weighted by Crippen LogP contribution is -2.35. The third-order valence-electron chi connectivity index (χ3n) is 3.88. The molecule has 3 rings (SSSR count). The van der Waals surface area contributed by atoms with Gasteiger partial charge in [-0.1, -0.05) is 36.7 Å². The van der Waals surface area contributed by atoms with Crippen LogP contribution in [0.15, 0.2) is 36.4 Å². The maximum absolute atomic E-state index is 12.9. The van der Waals surface area contributed by atoms with Crippen molar-refractivity contribution in [2.75, 3.05) is 4.90 Å². The number of amides is 1. The van der Waals surface area contributed by atoms with Gasteiger partial charge in [0.25, 0.3) is 5.91 Å². The number of hydrogen-bond acceptors (Lipinski definition) is 2. The second-order valence-electron chi connectivity index (χ2n) is 5.38. The fourth-order valence-corrected chi connectivity index (χ4v) is 3.10. The number of aromatic nitrogens is 1. The van der Waals surface area contributed by atoms with E-state index in [0.717, 1.165) is 24.2 Å². The smallest absolute Gasteiger partial charge is 0.258 e. The molecule has 0 saturated heterocycles. The van der Waals surface area contributed by atoms with Crippen LogP contribution < -0.4 is 4.90 Å². The maximum atomic E-state index is 12.9. The van der Waals surface area contributed by atoms with Crippen LogP contribution in [0.2, 0.25) is 5.15 Å². The van der Waals surface area contributed by atoms with Crippen molar-refractivity contribution < 1.29 is 4.79 Å². The molecule has 1 aliphatic heterocycles. The van der Waals surface area contributed by atoms with Crippen molar-refractivity contribution in [2.24, 2.45) is 0 Å². The molecule has 2 aromatic rings. The third kappa shape index (κ3) is 2.54. The molecule has 0 spiro atoms. The van der Waals surface area contributed by atoms with Crippen molar-refractivity contribution in [2.45, 2.75) is 32.7 Å². The van der Waals surface area contributed by atoms with E-state index in [0.29, 0.717) is 10.7 Å². The van der Waals surface area contributed by atoms with Crippen LogP contribution in [0.3, 0.4) is 0 Å². The molecule has 1 atom stereocenters. The van der Waals surface area contributed by atoms with Crippen molar-refractivity contribution in [3.63, 3.8) is 0 Å². The molecule has 1 aromatic heterocycles. The lowest BCUT2D eigenvalue weighted by molar-refractivity contribution is 0.0981. The van der Waals surface area contributed by atoms with Crippen LogP contribution in [-0.2, 0) is 12.8 Å². The summed E-state index contributed by atoms with van der Waals surface area (Å²) in [6.07, 6.45) is 1.65. The molecule has 1 amide bonds. The lowest BCUT2D eigenvalue weighted by atomic mass is 10.1. The molecule has 0 radical (unpaired) electrons.